The molecule has 0 aliphatic carbocycles. The van der Waals surface area contributed by atoms with Crippen LogP contribution in [0.25, 0.3) is 0 Å². The first-order valence-corrected chi connectivity index (χ1v) is 8.45. The second-order valence-corrected chi connectivity index (χ2v) is 6.47. The molecule has 1 aliphatic heterocycles. The third kappa shape index (κ3) is 3.70. The van der Waals surface area contributed by atoms with Crippen molar-refractivity contribution in [1.82, 2.24) is 4.90 Å². The predicted octanol–water partition coefficient (Wildman–Crippen LogP) is 3.86. The number of nitro groups is 1. The van der Waals surface area contributed by atoms with Crippen molar-refractivity contribution in [2.45, 2.75) is 0 Å². The van der Waals surface area contributed by atoms with Crippen LogP contribution in [0.1, 0.15) is 10.4 Å². The molecule has 0 radical (unpaired) electrons. The maximum atomic E-state index is 12.6. The molecule has 1 heterocycles. The molecule has 1 saturated heterocycles. The summed E-state index contributed by atoms with van der Waals surface area (Å²) in [5.41, 5.74) is 0.891. The third-order valence-corrected chi connectivity index (χ3v) is 4.91. The molecule has 130 valence electrons. The fourth-order valence-corrected chi connectivity index (χ4v) is 3.13. The first-order chi connectivity index (χ1) is 12.0. The van der Waals surface area contributed by atoms with Crippen molar-refractivity contribution < 1.29 is 9.72 Å². The van der Waals surface area contributed by atoms with Crippen molar-refractivity contribution in [3.63, 3.8) is 0 Å². The van der Waals surface area contributed by atoms with Gasteiger partial charge in [0.25, 0.3) is 11.6 Å². The van der Waals surface area contributed by atoms with Crippen LogP contribution >= 0.6 is 23.2 Å². The van der Waals surface area contributed by atoms with E-state index in [1.807, 2.05) is 6.07 Å². The van der Waals surface area contributed by atoms with Crippen molar-refractivity contribution in [2.24, 2.45) is 0 Å². The Labute approximate surface area is 154 Å². The number of hydrogen-bond donors (Lipinski definition) is 0. The van der Waals surface area contributed by atoms with Gasteiger partial charge in [0.1, 0.15) is 5.56 Å². The molecular formula is C17H15Cl2N3O3. The van der Waals surface area contributed by atoms with Crippen LogP contribution in [0.4, 0.5) is 11.4 Å². The molecule has 25 heavy (non-hydrogen) atoms. The van der Waals surface area contributed by atoms with Crippen molar-refractivity contribution in [2.75, 3.05) is 31.1 Å². The highest BCUT2D eigenvalue weighted by Crippen LogP contribution is 2.28. The maximum absolute atomic E-state index is 12.6. The number of amides is 1. The fraction of sp³-hybridized carbons (Fsp3) is 0.235. The molecule has 3 rings (SSSR count). The Morgan fingerprint density at radius 1 is 1.00 bits per heavy atom. The van der Waals surface area contributed by atoms with E-state index in [4.69, 9.17) is 23.2 Å². The van der Waals surface area contributed by atoms with E-state index in [-0.39, 0.29) is 17.2 Å². The van der Waals surface area contributed by atoms with Gasteiger partial charge in [0, 0.05) is 37.9 Å². The van der Waals surface area contributed by atoms with Gasteiger partial charge < -0.3 is 9.80 Å². The van der Waals surface area contributed by atoms with Gasteiger partial charge >= 0.3 is 0 Å². The van der Waals surface area contributed by atoms with Crippen LogP contribution < -0.4 is 4.90 Å². The summed E-state index contributed by atoms with van der Waals surface area (Å²) >= 11 is 12.0. The van der Waals surface area contributed by atoms with Gasteiger partial charge in [-0.15, -0.1) is 0 Å². The molecule has 2 aromatic carbocycles. The summed E-state index contributed by atoms with van der Waals surface area (Å²) in [6.07, 6.45) is 0. The lowest BCUT2D eigenvalue weighted by Gasteiger charge is -2.36. The Hall–Kier alpha value is -2.31. The Morgan fingerprint density at radius 3 is 2.32 bits per heavy atom. The van der Waals surface area contributed by atoms with E-state index in [0.717, 1.165) is 5.69 Å². The second-order valence-electron chi connectivity index (χ2n) is 5.65. The van der Waals surface area contributed by atoms with Gasteiger partial charge in [-0.05, 0) is 24.3 Å². The summed E-state index contributed by atoms with van der Waals surface area (Å²) in [5.74, 6) is -0.318. The molecule has 1 aliphatic rings. The van der Waals surface area contributed by atoms with Crippen LogP contribution in [0.15, 0.2) is 42.5 Å². The van der Waals surface area contributed by atoms with E-state index < -0.39 is 4.92 Å². The molecule has 0 bridgehead atoms. The van der Waals surface area contributed by atoms with E-state index in [2.05, 4.69) is 4.90 Å². The molecule has 0 atom stereocenters. The minimum Gasteiger partial charge on any atom is -0.368 e. The van der Waals surface area contributed by atoms with Gasteiger partial charge in [-0.1, -0.05) is 35.3 Å². The largest absolute Gasteiger partial charge is 0.368 e. The van der Waals surface area contributed by atoms with Gasteiger partial charge in [-0.3, -0.25) is 14.9 Å². The number of para-hydroxylation sites is 1. The van der Waals surface area contributed by atoms with Gasteiger partial charge in [-0.2, -0.15) is 0 Å². The lowest BCUT2D eigenvalue weighted by molar-refractivity contribution is -0.385. The van der Waals surface area contributed by atoms with Crippen LogP contribution in [0.5, 0.6) is 0 Å². The zero-order valence-electron chi connectivity index (χ0n) is 13.2. The van der Waals surface area contributed by atoms with Crippen LogP contribution in [0, 0.1) is 10.1 Å². The van der Waals surface area contributed by atoms with E-state index in [9.17, 15) is 14.9 Å². The maximum Gasteiger partial charge on any atom is 0.282 e. The number of nitrogens with zero attached hydrogens (tertiary/aromatic N) is 3. The Kier molecular flexibility index (Phi) is 5.11. The molecule has 1 amide bonds. The number of piperazine rings is 1. The molecule has 8 heteroatoms. The number of benzene rings is 2. The molecule has 0 saturated carbocycles. The number of halogens is 2. The van der Waals surface area contributed by atoms with Crippen LogP contribution in [0.2, 0.25) is 10.0 Å². The number of rotatable bonds is 3. The van der Waals surface area contributed by atoms with Crippen LogP contribution in [0.3, 0.4) is 0 Å². The average Bonchev–Trinajstić information content (AvgIpc) is 2.63. The highest BCUT2D eigenvalue weighted by atomic mass is 35.5. The monoisotopic (exact) mass is 379 g/mol. The van der Waals surface area contributed by atoms with Gasteiger partial charge in [0.2, 0.25) is 0 Å². The molecule has 0 N–H and O–H groups in total. The molecule has 0 spiro atoms. The Balaban J connectivity index is 1.71. The summed E-state index contributed by atoms with van der Waals surface area (Å²) in [6, 6.07) is 11.4. The quantitative estimate of drug-likeness (QED) is 0.599. The third-order valence-electron chi connectivity index (χ3n) is 4.17. The molecule has 0 unspecified atom stereocenters. The summed E-state index contributed by atoms with van der Waals surface area (Å²) in [4.78, 5) is 26.9. The summed E-state index contributed by atoms with van der Waals surface area (Å²) in [7, 11) is 0. The SMILES string of the molecule is O=C(c1ccccc1[N+](=O)[O-])N1CCN(c2ccc(Cl)c(Cl)c2)CC1. The molecule has 1 fully saturated rings. The van der Waals surface area contributed by atoms with Gasteiger partial charge in [-0.25, -0.2) is 0 Å². The lowest BCUT2D eigenvalue weighted by Crippen LogP contribution is -2.48. The van der Waals surface area contributed by atoms with Crippen molar-refractivity contribution in [3.05, 3.63) is 68.2 Å². The topological polar surface area (TPSA) is 66.7 Å². The van der Waals surface area contributed by atoms with E-state index in [0.29, 0.717) is 36.2 Å². The highest BCUT2D eigenvalue weighted by Gasteiger charge is 2.27. The van der Waals surface area contributed by atoms with Crippen molar-refractivity contribution in [3.8, 4) is 0 Å². The minimum atomic E-state index is -0.529. The van der Waals surface area contributed by atoms with Gasteiger partial charge in [0.05, 0.1) is 15.0 Å². The zero-order valence-corrected chi connectivity index (χ0v) is 14.7. The predicted molar refractivity (Wildman–Crippen MR) is 97.7 cm³/mol. The molecule has 6 nitrogen and oxygen atoms in total. The first-order valence-electron chi connectivity index (χ1n) is 7.70. The van der Waals surface area contributed by atoms with Crippen LogP contribution in [-0.2, 0) is 0 Å². The average molecular weight is 380 g/mol. The summed E-state index contributed by atoms with van der Waals surface area (Å²) < 4.78 is 0. The Bertz CT molecular complexity index is 821. The number of nitro benzene ring substituents is 1. The van der Waals surface area contributed by atoms with Crippen molar-refractivity contribution in [1.29, 1.82) is 0 Å². The standard InChI is InChI=1S/C17H15Cl2N3O3/c18-14-6-5-12(11-15(14)19)20-7-9-21(10-8-20)17(23)13-3-1-2-4-16(13)22(24)25/h1-6,11H,7-10H2. The minimum absolute atomic E-state index is 0.121. The molecule has 0 aromatic heterocycles. The first kappa shape index (κ1) is 17.5. The molecule has 2 aromatic rings. The van der Waals surface area contributed by atoms with Crippen LogP contribution in [-0.4, -0.2) is 41.9 Å². The Morgan fingerprint density at radius 2 is 1.68 bits per heavy atom. The second kappa shape index (κ2) is 7.29. The smallest absolute Gasteiger partial charge is 0.282 e. The number of anilines is 1. The van der Waals surface area contributed by atoms with E-state index in [1.54, 1.807) is 29.2 Å². The number of hydrogen-bond acceptors (Lipinski definition) is 4. The number of carbonyl (C=O) groups excluding carboxylic acids is 1. The van der Waals surface area contributed by atoms with Gasteiger partial charge in [0.15, 0.2) is 0 Å². The zero-order chi connectivity index (χ0) is 18.0. The summed E-state index contributed by atoms with van der Waals surface area (Å²) in [6.45, 7) is 2.19. The highest BCUT2D eigenvalue weighted by molar-refractivity contribution is 6.42. The molecular weight excluding hydrogens is 365 g/mol. The lowest BCUT2D eigenvalue weighted by atomic mass is 10.1. The summed E-state index contributed by atoms with van der Waals surface area (Å²) in [5, 5.41) is 12.1. The van der Waals surface area contributed by atoms with Crippen molar-refractivity contribution >= 4 is 40.5 Å². The fourth-order valence-electron chi connectivity index (χ4n) is 2.83. The van der Waals surface area contributed by atoms with E-state index in [1.165, 1.54) is 12.1 Å². The number of carbonyl (C=O) groups is 1. The van der Waals surface area contributed by atoms with E-state index >= 15 is 0 Å². The normalized spacial score (nSPS) is 14.5.